The van der Waals surface area contributed by atoms with Crippen LogP contribution >= 0.6 is 0 Å². The molecule has 0 spiro atoms. The summed E-state index contributed by atoms with van der Waals surface area (Å²) < 4.78 is 10.9. The molecule has 0 aromatic rings. The molecule has 0 amide bonds. The van der Waals surface area contributed by atoms with E-state index in [0.29, 0.717) is 6.10 Å². The summed E-state index contributed by atoms with van der Waals surface area (Å²) in [6.07, 6.45) is 9.19. The maximum Gasteiger partial charge on any atom is 0.0876 e. The molecule has 2 aliphatic heterocycles. The molecule has 0 bridgehead atoms. The lowest BCUT2D eigenvalue weighted by molar-refractivity contribution is 0.00381. The highest BCUT2D eigenvalue weighted by Crippen LogP contribution is 2.22. The minimum atomic E-state index is -0.328. The zero-order valence-corrected chi connectivity index (χ0v) is 9.86. The molecule has 2 atom stereocenters. The van der Waals surface area contributed by atoms with Gasteiger partial charge in [0.2, 0.25) is 0 Å². The van der Waals surface area contributed by atoms with Crippen molar-refractivity contribution < 1.29 is 14.6 Å². The van der Waals surface area contributed by atoms with Gasteiger partial charge < -0.3 is 14.6 Å². The first-order valence-corrected chi connectivity index (χ1v) is 6.46. The lowest BCUT2D eigenvalue weighted by Gasteiger charge is -2.24. The minimum Gasteiger partial charge on any atom is -0.501 e. The zero-order chi connectivity index (χ0) is 11.2. The van der Waals surface area contributed by atoms with Crippen LogP contribution in [0.15, 0.2) is 11.8 Å². The predicted molar refractivity (Wildman–Crippen MR) is 62.1 cm³/mol. The van der Waals surface area contributed by atoms with E-state index < -0.39 is 0 Å². The van der Waals surface area contributed by atoms with E-state index in [4.69, 9.17) is 9.47 Å². The van der Waals surface area contributed by atoms with Crippen molar-refractivity contribution in [3.63, 3.8) is 0 Å². The maximum atomic E-state index is 10.0. The van der Waals surface area contributed by atoms with Crippen molar-refractivity contribution in [1.29, 1.82) is 0 Å². The van der Waals surface area contributed by atoms with Gasteiger partial charge in [-0.25, -0.2) is 0 Å². The van der Waals surface area contributed by atoms with Gasteiger partial charge >= 0.3 is 0 Å². The Morgan fingerprint density at radius 3 is 2.94 bits per heavy atom. The maximum absolute atomic E-state index is 10.0. The molecule has 0 aromatic carbocycles. The van der Waals surface area contributed by atoms with Crippen LogP contribution in [0.3, 0.4) is 0 Å². The SMILES string of the molecule is OC(CCC1CCCCO1)C1=COCCC1. The Morgan fingerprint density at radius 2 is 2.25 bits per heavy atom. The van der Waals surface area contributed by atoms with Crippen molar-refractivity contribution in [2.24, 2.45) is 0 Å². The normalized spacial score (nSPS) is 28.1. The molecule has 1 fully saturated rings. The standard InChI is InChI=1S/C13H22O3/c14-13(11-4-3-8-15-10-11)7-6-12-5-1-2-9-16-12/h10,12-14H,1-9H2. The Morgan fingerprint density at radius 1 is 1.31 bits per heavy atom. The van der Waals surface area contributed by atoms with Gasteiger partial charge in [0.15, 0.2) is 0 Å². The van der Waals surface area contributed by atoms with E-state index in [9.17, 15) is 5.11 Å². The average molecular weight is 226 g/mol. The Hall–Kier alpha value is -0.540. The van der Waals surface area contributed by atoms with Crippen LogP contribution in [0.2, 0.25) is 0 Å². The monoisotopic (exact) mass is 226 g/mol. The van der Waals surface area contributed by atoms with Gasteiger partial charge in [0.05, 0.1) is 25.1 Å². The fraction of sp³-hybridized carbons (Fsp3) is 0.846. The fourth-order valence-corrected chi connectivity index (χ4v) is 2.39. The summed E-state index contributed by atoms with van der Waals surface area (Å²) in [6, 6.07) is 0. The highest BCUT2D eigenvalue weighted by molar-refractivity contribution is 5.06. The minimum absolute atomic E-state index is 0.328. The smallest absolute Gasteiger partial charge is 0.0876 e. The van der Waals surface area contributed by atoms with Crippen molar-refractivity contribution in [2.45, 2.75) is 57.2 Å². The Bertz CT molecular complexity index is 231. The van der Waals surface area contributed by atoms with Crippen LogP contribution in [0.5, 0.6) is 0 Å². The summed E-state index contributed by atoms with van der Waals surface area (Å²) in [5.74, 6) is 0. The molecule has 2 rings (SSSR count). The molecule has 2 heterocycles. The molecule has 3 heteroatoms. The summed E-state index contributed by atoms with van der Waals surface area (Å²) in [5.41, 5.74) is 1.06. The van der Waals surface area contributed by atoms with E-state index in [1.54, 1.807) is 6.26 Å². The largest absolute Gasteiger partial charge is 0.501 e. The van der Waals surface area contributed by atoms with Crippen LogP contribution in [-0.2, 0) is 9.47 Å². The molecule has 1 N–H and O–H groups in total. The molecule has 1 saturated heterocycles. The summed E-state index contributed by atoms with van der Waals surface area (Å²) in [6.45, 7) is 1.69. The molecule has 0 aliphatic carbocycles. The number of rotatable bonds is 4. The number of ether oxygens (including phenoxy) is 2. The van der Waals surface area contributed by atoms with Crippen LogP contribution in [0.4, 0.5) is 0 Å². The molecule has 0 aromatic heterocycles. The molecule has 2 unspecified atom stereocenters. The summed E-state index contributed by atoms with van der Waals surface area (Å²) >= 11 is 0. The lowest BCUT2D eigenvalue weighted by atomic mass is 9.97. The Kier molecular flexibility index (Phi) is 4.67. The van der Waals surface area contributed by atoms with Gasteiger partial charge in [-0.15, -0.1) is 0 Å². The van der Waals surface area contributed by atoms with Crippen LogP contribution in [-0.4, -0.2) is 30.5 Å². The highest BCUT2D eigenvalue weighted by atomic mass is 16.5. The van der Waals surface area contributed by atoms with Crippen LogP contribution in [0, 0.1) is 0 Å². The van der Waals surface area contributed by atoms with Gasteiger partial charge in [-0.3, -0.25) is 0 Å². The van der Waals surface area contributed by atoms with E-state index in [1.807, 2.05) is 0 Å². The molecular formula is C13H22O3. The third kappa shape index (κ3) is 3.49. The molecule has 0 radical (unpaired) electrons. The molecule has 2 aliphatic rings. The highest BCUT2D eigenvalue weighted by Gasteiger charge is 2.18. The second-order valence-corrected chi connectivity index (χ2v) is 4.75. The molecule has 92 valence electrons. The van der Waals surface area contributed by atoms with E-state index in [0.717, 1.165) is 50.9 Å². The van der Waals surface area contributed by atoms with Crippen molar-refractivity contribution >= 4 is 0 Å². The number of aliphatic hydroxyl groups is 1. The van der Waals surface area contributed by atoms with Crippen molar-refractivity contribution in [3.8, 4) is 0 Å². The van der Waals surface area contributed by atoms with Crippen molar-refractivity contribution in [3.05, 3.63) is 11.8 Å². The van der Waals surface area contributed by atoms with E-state index in [2.05, 4.69) is 0 Å². The molecule has 3 nitrogen and oxygen atoms in total. The second kappa shape index (κ2) is 6.26. The first-order chi connectivity index (χ1) is 7.86. The fourth-order valence-electron chi connectivity index (χ4n) is 2.39. The van der Waals surface area contributed by atoms with E-state index in [1.165, 1.54) is 12.8 Å². The third-order valence-electron chi connectivity index (χ3n) is 3.43. The van der Waals surface area contributed by atoms with Crippen molar-refractivity contribution in [2.75, 3.05) is 13.2 Å². The van der Waals surface area contributed by atoms with Gasteiger partial charge in [0.25, 0.3) is 0 Å². The van der Waals surface area contributed by atoms with Crippen LogP contribution < -0.4 is 0 Å². The number of hydrogen-bond donors (Lipinski definition) is 1. The van der Waals surface area contributed by atoms with Crippen LogP contribution in [0.1, 0.15) is 44.9 Å². The number of hydrogen-bond acceptors (Lipinski definition) is 3. The Labute approximate surface area is 97.4 Å². The topological polar surface area (TPSA) is 38.7 Å². The quantitative estimate of drug-likeness (QED) is 0.800. The molecule has 16 heavy (non-hydrogen) atoms. The van der Waals surface area contributed by atoms with Crippen LogP contribution in [0.25, 0.3) is 0 Å². The predicted octanol–water partition coefficient (Wildman–Crippen LogP) is 2.39. The van der Waals surface area contributed by atoms with Gasteiger partial charge in [-0.05, 0) is 50.5 Å². The zero-order valence-electron chi connectivity index (χ0n) is 9.86. The third-order valence-corrected chi connectivity index (χ3v) is 3.43. The lowest BCUT2D eigenvalue weighted by Crippen LogP contribution is -2.22. The van der Waals surface area contributed by atoms with E-state index >= 15 is 0 Å². The second-order valence-electron chi connectivity index (χ2n) is 4.75. The summed E-state index contributed by atoms with van der Waals surface area (Å²) in [4.78, 5) is 0. The van der Waals surface area contributed by atoms with Gasteiger partial charge in [0, 0.05) is 6.61 Å². The van der Waals surface area contributed by atoms with Gasteiger partial charge in [-0.2, -0.15) is 0 Å². The van der Waals surface area contributed by atoms with Gasteiger partial charge in [-0.1, -0.05) is 0 Å². The first-order valence-electron chi connectivity index (χ1n) is 6.46. The Balaban J connectivity index is 1.69. The summed E-state index contributed by atoms with van der Waals surface area (Å²) in [7, 11) is 0. The molecule has 0 saturated carbocycles. The summed E-state index contributed by atoms with van der Waals surface area (Å²) in [5, 5.41) is 10.0. The van der Waals surface area contributed by atoms with E-state index in [-0.39, 0.29) is 6.10 Å². The number of aliphatic hydroxyl groups excluding tert-OH is 1. The van der Waals surface area contributed by atoms with Crippen molar-refractivity contribution in [1.82, 2.24) is 0 Å². The van der Waals surface area contributed by atoms with Gasteiger partial charge in [0.1, 0.15) is 0 Å². The first kappa shape index (κ1) is 11.9. The molecular weight excluding hydrogens is 204 g/mol. The average Bonchev–Trinajstić information content (AvgIpc) is 2.38.